The highest BCUT2D eigenvalue weighted by molar-refractivity contribution is 5.92. The third-order valence-electron chi connectivity index (χ3n) is 3.44. The molecular formula is C12H19N3O2. The van der Waals surface area contributed by atoms with E-state index < -0.39 is 0 Å². The summed E-state index contributed by atoms with van der Waals surface area (Å²) in [4.78, 5) is 15.8. The van der Waals surface area contributed by atoms with E-state index in [1.165, 1.54) is 6.39 Å². The lowest BCUT2D eigenvalue weighted by atomic mass is 9.81. The number of aromatic nitrogens is 1. The summed E-state index contributed by atoms with van der Waals surface area (Å²) >= 11 is 0. The first-order valence-electron chi connectivity index (χ1n) is 6.00. The van der Waals surface area contributed by atoms with Crippen LogP contribution in [0.5, 0.6) is 0 Å². The number of rotatable bonds is 3. The maximum Gasteiger partial charge on any atom is 0.289 e. The van der Waals surface area contributed by atoms with E-state index >= 15 is 0 Å². The Morgan fingerprint density at radius 1 is 1.59 bits per heavy atom. The minimum atomic E-state index is -0.167. The van der Waals surface area contributed by atoms with E-state index in [4.69, 9.17) is 4.42 Å². The predicted octanol–water partition coefficient (Wildman–Crippen LogP) is 1.10. The van der Waals surface area contributed by atoms with E-state index in [0.29, 0.717) is 18.0 Å². The van der Waals surface area contributed by atoms with Crippen molar-refractivity contribution < 1.29 is 9.21 Å². The fourth-order valence-corrected chi connectivity index (χ4v) is 2.10. The Labute approximate surface area is 101 Å². The molecule has 5 nitrogen and oxygen atoms in total. The number of piperidine rings is 1. The molecule has 0 radical (unpaired) electrons. The molecule has 0 spiro atoms. The van der Waals surface area contributed by atoms with Crippen molar-refractivity contribution in [3.05, 3.63) is 17.8 Å². The monoisotopic (exact) mass is 237 g/mol. The Bertz CT molecular complexity index is 394. The highest BCUT2D eigenvalue weighted by atomic mass is 16.3. The van der Waals surface area contributed by atoms with Crippen LogP contribution in [0.2, 0.25) is 0 Å². The van der Waals surface area contributed by atoms with Gasteiger partial charge >= 0.3 is 0 Å². The molecule has 0 unspecified atom stereocenters. The number of hydrogen-bond acceptors (Lipinski definition) is 4. The second kappa shape index (κ2) is 4.87. The predicted molar refractivity (Wildman–Crippen MR) is 63.8 cm³/mol. The lowest BCUT2D eigenvalue weighted by molar-refractivity contribution is 0.0893. The number of aryl methyl sites for hydroxylation is 1. The van der Waals surface area contributed by atoms with Crippen LogP contribution < -0.4 is 10.6 Å². The van der Waals surface area contributed by atoms with Crippen molar-refractivity contribution in [2.45, 2.75) is 26.7 Å². The van der Waals surface area contributed by atoms with Gasteiger partial charge in [0.2, 0.25) is 5.76 Å². The van der Waals surface area contributed by atoms with Crippen LogP contribution in [0.3, 0.4) is 0 Å². The number of amides is 1. The summed E-state index contributed by atoms with van der Waals surface area (Å²) in [6, 6.07) is 0. The van der Waals surface area contributed by atoms with Crippen LogP contribution in [0.4, 0.5) is 0 Å². The SMILES string of the molecule is Cc1ncoc1C(=O)NCC1(C)CCNCC1. The van der Waals surface area contributed by atoms with Gasteiger partial charge in [0, 0.05) is 6.54 Å². The van der Waals surface area contributed by atoms with Gasteiger partial charge in [0.1, 0.15) is 0 Å². The Balaban J connectivity index is 1.90. The molecule has 1 fully saturated rings. The normalized spacial score (nSPS) is 18.9. The number of carbonyl (C=O) groups excluding carboxylic acids is 1. The first kappa shape index (κ1) is 12.1. The third-order valence-corrected chi connectivity index (χ3v) is 3.44. The average molecular weight is 237 g/mol. The lowest BCUT2D eigenvalue weighted by Gasteiger charge is -2.34. The smallest absolute Gasteiger partial charge is 0.289 e. The molecular weight excluding hydrogens is 218 g/mol. The number of nitrogens with one attached hydrogen (secondary N) is 2. The minimum absolute atomic E-state index is 0.167. The summed E-state index contributed by atoms with van der Waals surface area (Å²) < 4.78 is 5.06. The number of hydrogen-bond donors (Lipinski definition) is 2. The van der Waals surface area contributed by atoms with Crippen molar-refractivity contribution in [1.29, 1.82) is 0 Å². The van der Waals surface area contributed by atoms with Gasteiger partial charge in [0.05, 0.1) is 5.69 Å². The summed E-state index contributed by atoms with van der Waals surface area (Å²) in [5, 5.41) is 6.26. The van der Waals surface area contributed by atoms with Crippen LogP contribution in [0, 0.1) is 12.3 Å². The topological polar surface area (TPSA) is 67.2 Å². The second-order valence-electron chi connectivity index (χ2n) is 5.01. The zero-order valence-electron chi connectivity index (χ0n) is 10.4. The van der Waals surface area contributed by atoms with Gasteiger partial charge in [-0.3, -0.25) is 4.79 Å². The fraction of sp³-hybridized carbons (Fsp3) is 0.667. The quantitative estimate of drug-likeness (QED) is 0.826. The van der Waals surface area contributed by atoms with Gasteiger partial charge in [-0.1, -0.05) is 6.92 Å². The Morgan fingerprint density at radius 2 is 2.29 bits per heavy atom. The molecule has 1 aliphatic rings. The summed E-state index contributed by atoms with van der Waals surface area (Å²) in [5.41, 5.74) is 0.826. The van der Waals surface area contributed by atoms with E-state index in [1.54, 1.807) is 6.92 Å². The molecule has 17 heavy (non-hydrogen) atoms. The van der Waals surface area contributed by atoms with Crippen molar-refractivity contribution in [3.63, 3.8) is 0 Å². The summed E-state index contributed by atoms with van der Waals surface area (Å²) in [6.07, 6.45) is 3.47. The fourth-order valence-electron chi connectivity index (χ4n) is 2.10. The highest BCUT2D eigenvalue weighted by Gasteiger charge is 2.27. The van der Waals surface area contributed by atoms with E-state index in [2.05, 4.69) is 22.5 Å². The number of nitrogens with zero attached hydrogens (tertiary/aromatic N) is 1. The average Bonchev–Trinajstić information content (AvgIpc) is 2.74. The molecule has 1 saturated heterocycles. The molecule has 2 rings (SSSR count). The Morgan fingerprint density at radius 3 is 2.88 bits per heavy atom. The van der Waals surface area contributed by atoms with Crippen LogP contribution in [0.25, 0.3) is 0 Å². The van der Waals surface area contributed by atoms with Gasteiger partial charge < -0.3 is 15.1 Å². The van der Waals surface area contributed by atoms with Crippen LogP contribution in [-0.2, 0) is 0 Å². The summed E-state index contributed by atoms with van der Waals surface area (Å²) in [6.45, 7) is 6.71. The van der Waals surface area contributed by atoms with Gasteiger partial charge in [0.25, 0.3) is 5.91 Å². The number of oxazole rings is 1. The van der Waals surface area contributed by atoms with Gasteiger partial charge in [0.15, 0.2) is 6.39 Å². The zero-order valence-corrected chi connectivity index (χ0v) is 10.4. The molecule has 0 aromatic carbocycles. The molecule has 94 valence electrons. The molecule has 0 atom stereocenters. The van der Waals surface area contributed by atoms with Gasteiger partial charge in [-0.15, -0.1) is 0 Å². The first-order chi connectivity index (χ1) is 8.11. The molecule has 2 N–H and O–H groups in total. The van der Waals surface area contributed by atoms with Crippen molar-refractivity contribution >= 4 is 5.91 Å². The largest absolute Gasteiger partial charge is 0.438 e. The molecule has 1 aromatic rings. The lowest BCUT2D eigenvalue weighted by Crippen LogP contribution is -2.42. The molecule has 0 aliphatic carbocycles. The van der Waals surface area contributed by atoms with Crippen LogP contribution in [0.15, 0.2) is 10.8 Å². The highest BCUT2D eigenvalue weighted by Crippen LogP contribution is 2.26. The number of carbonyl (C=O) groups is 1. The molecule has 5 heteroatoms. The molecule has 1 aromatic heterocycles. The van der Waals surface area contributed by atoms with Crippen molar-refractivity contribution in [2.24, 2.45) is 5.41 Å². The summed E-state index contributed by atoms with van der Waals surface area (Å²) in [5.74, 6) is 0.155. The van der Waals surface area contributed by atoms with Crippen molar-refractivity contribution in [1.82, 2.24) is 15.6 Å². The Kier molecular flexibility index (Phi) is 3.47. The van der Waals surface area contributed by atoms with Gasteiger partial charge in [-0.2, -0.15) is 0 Å². The van der Waals surface area contributed by atoms with Crippen molar-refractivity contribution in [3.8, 4) is 0 Å². The van der Waals surface area contributed by atoms with Crippen molar-refractivity contribution in [2.75, 3.05) is 19.6 Å². The van der Waals surface area contributed by atoms with Crippen LogP contribution >= 0.6 is 0 Å². The van der Waals surface area contributed by atoms with Crippen LogP contribution in [0.1, 0.15) is 36.0 Å². The summed E-state index contributed by atoms with van der Waals surface area (Å²) in [7, 11) is 0. The standard InChI is InChI=1S/C12H19N3O2/c1-9-10(17-8-15-9)11(16)14-7-12(2)3-5-13-6-4-12/h8,13H,3-7H2,1-2H3,(H,14,16). The molecule has 1 amide bonds. The minimum Gasteiger partial charge on any atom is -0.438 e. The maximum absolute atomic E-state index is 11.9. The first-order valence-corrected chi connectivity index (χ1v) is 6.00. The van der Waals surface area contributed by atoms with Crippen LogP contribution in [-0.4, -0.2) is 30.5 Å². The van der Waals surface area contributed by atoms with Gasteiger partial charge in [-0.25, -0.2) is 4.98 Å². The third kappa shape index (κ3) is 2.85. The van der Waals surface area contributed by atoms with E-state index in [1.807, 2.05) is 0 Å². The molecule has 1 aliphatic heterocycles. The molecule has 2 heterocycles. The second-order valence-corrected chi connectivity index (χ2v) is 5.01. The zero-order chi connectivity index (χ0) is 12.3. The van der Waals surface area contributed by atoms with Gasteiger partial charge in [-0.05, 0) is 38.3 Å². The Hall–Kier alpha value is -1.36. The van der Waals surface area contributed by atoms with E-state index in [-0.39, 0.29) is 11.3 Å². The molecule has 0 bridgehead atoms. The maximum atomic E-state index is 11.9. The molecule has 0 saturated carbocycles. The van der Waals surface area contributed by atoms with E-state index in [0.717, 1.165) is 25.9 Å². The van der Waals surface area contributed by atoms with E-state index in [9.17, 15) is 4.79 Å².